The molecule has 110 valence electrons. The van der Waals surface area contributed by atoms with Crippen molar-refractivity contribution in [3.05, 3.63) is 69.7 Å². The van der Waals surface area contributed by atoms with Gasteiger partial charge in [-0.15, -0.1) is 0 Å². The van der Waals surface area contributed by atoms with Crippen molar-refractivity contribution in [1.82, 2.24) is 5.32 Å². The van der Waals surface area contributed by atoms with Crippen LogP contribution in [0.5, 0.6) is 0 Å². The molecule has 0 aromatic heterocycles. The van der Waals surface area contributed by atoms with Crippen LogP contribution in [0.25, 0.3) is 0 Å². The van der Waals surface area contributed by atoms with Gasteiger partial charge >= 0.3 is 0 Å². The molecule has 1 N–H and O–H groups in total. The fourth-order valence-electron chi connectivity index (χ4n) is 2.62. The lowest BCUT2D eigenvalue weighted by Gasteiger charge is -2.20. The minimum absolute atomic E-state index is 0.346. The Balaban J connectivity index is 1.81. The van der Waals surface area contributed by atoms with Crippen LogP contribution >= 0.6 is 23.2 Å². The molecule has 1 saturated carbocycles. The molecule has 0 heterocycles. The smallest absolute Gasteiger partial charge is 0.0441 e. The van der Waals surface area contributed by atoms with E-state index in [-0.39, 0.29) is 0 Å². The Kier molecular flexibility index (Phi) is 4.84. The molecule has 3 heteroatoms. The maximum Gasteiger partial charge on any atom is 0.0441 e. The topological polar surface area (TPSA) is 12.0 Å². The van der Waals surface area contributed by atoms with E-state index in [0.717, 1.165) is 23.0 Å². The third kappa shape index (κ3) is 4.00. The molecule has 1 unspecified atom stereocenters. The first-order valence-electron chi connectivity index (χ1n) is 7.45. The Morgan fingerprint density at radius 1 is 0.952 bits per heavy atom. The number of nitrogens with one attached hydrogen (secondary N) is 1. The fraction of sp³-hybridized carbons (Fsp3) is 0.333. The van der Waals surface area contributed by atoms with Crippen molar-refractivity contribution < 1.29 is 0 Å². The van der Waals surface area contributed by atoms with Gasteiger partial charge in [0.1, 0.15) is 0 Å². The molecule has 0 radical (unpaired) electrons. The molecular weight excluding hydrogens is 301 g/mol. The zero-order valence-electron chi connectivity index (χ0n) is 11.9. The van der Waals surface area contributed by atoms with E-state index in [1.165, 1.54) is 24.0 Å². The van der Waals surface area contributed by atoms with Crippen LogP contribution in [0.2, 0.25) is 10.0 Å². The van der Waals surface area contributed by atoms with Crippen molar-refractivity contribution in [2.75, 3.05) is 6.54 Å². The molecule has 1 fully saturated rings. The van der Waals surface area contributed by atoms with Crippen molar-refractivity contribution in [2.45, 2.75) is 31.2 Å². The van der Waals surface area contributed by atoms with E-state index < -0.39 is 0 Å². The van der Waals surface area contributed by atoms with Gasteiger partial charge in [0, 0.05) is 28.5 Å². The standard InChI is InChI=1S/C18H19Cl2N/c19-17-7-3-1-5-13(17)11-14(12-21-15-9-10-15)16-6-2-4-8-18(16)20/h1-8,14-15,21H,9-12H2. The first-order chi connectivity index (χ1) is 10.2. The molecule has 1 aliphatic rings. The summed E-state index contributed by atoms with van der Waals surface area (Å²) in [6.45, 7) is 0.944. The monoisotopic (exact) mass is 319 g/mol. The van der Waals surface area contributed by atoms with Gasteiger partial charge in [0.2, 0.25) is 0 Å². The minimum atomic E-state index is 0.346. The van der Waals surface area contributed by atoms with E-state index in [1.54, 1.807) is 0 Å². The maximum absolute atomic E-state index is 6.40. The fourth-order valence-corrected chi connectivity index (χ4v) is 3.13. The SMILES string of the molecule is Clc1ccccc1CC(CNC1CC1)c1ccccc1Cl. The van der Waals surface area contributed by atoms with E-state index in [4.69, 9.17) is 23.2 Å². The van der Waals surface area contributed by atoms with Gasteiger partial charge in [-0.1, -0.05) is 59.6 Å². The predicted octanol–water partition coefficient (Wildman–Crippen LogP) is 5.07. The highest BCUT2D eigenvalue weighted by atomic mass is 35.5. The molecule has 2 aromatic rings. The van der Waals surface area contributed by atoms with E-state index >= 15 is 0 Å². The number of hydrogen-bond acceptors (Lipinski definition) is 1. The van der Waals surface area contributed by atoms with E-state index in [2.05, 4.69) is 23.5 Å². The van der Waals surface area contributed by atoms with Crippen molar-refractivity contribution in [3.8, 4) is 0 Å². The van der Waals surface area contributed by atoms with Gasteiger partial charge in [0.25, 0.3) is 0 Å². The van der Waals surface area contributed by atoms with Crippen LogP contribution < -0.4 is 5.32 Å². The average molecular weight is 320 g/mol. The van der Waals surface area contributed by atoms with Crippen LogP contribution in [-0.2, 0) is 6.42 Å². The van der Waals surface area contributed by atoms with Gasteiger partial charge in [-0.05, 0) is 42.5 Å². The molecule has 0 bridgehead atoms. The van der Waals surface area contributed by atoms with Gasteiger partial charge < -0.3 is 5.32 Å². The summed E-state index contributed by atoms with van der Waals surface area (Å²) in [4.78, 5) is 0. The Bertz CT molecular complexity index is 608. The molecule has 0 spiro atoms. The summed E-state index contributed by atoms with van der Waals surface area (Å²) >= 11 is 12.7. The van der Waals surface area contributed by atoms with Crippen LogP contribution in [0.15, 0.2) is 48.5 Å². The highest BCUT2D eigenvalue weighted by Gasteiger charge is 2.23. The zero-order valence-corrected chi connectivity index (χ0v) is 13.4. The highest BCUT2D eigenvalue weighted by molar-refractivity contribution is 6.31. The molecule has 0 aliphatic heterocycles. The Labute approximate surface area is 136 Å². The van der Waals surface area contributed by atoms with Gasteiger partial charge in [0.05, 0.1) is 0 Å². The molecule has 1 aliphatic carbocycles. The minimum Gasteiger partial charge on any atom is -0.313 e. The summed E-state index contributed by atoms with van der Waals surface area (Å²) in [7, 11) is 0. The lowest BCUT2D eigenvalue weighted by atomic mass is 9.91. The Hall–Kier alpha value is -1.02. The second-order valence-corrected chi connectivity index (χ2v) is 6.51. The summed E-state index contributed by atoms with van der Waals surface area (Å²) in [6.07, 6.45) is 3.49. The lowest BCUT2D eigenvalue weighted by molar-refractivity contribution is 0.577. The Morgan fingerprint density at radius 2 is 1.62 bits per heavy atom. The number of benzene rings is 2. The first kappa shape index (κ1) is 14.9. The van der Waals surface area contributed by atoms with Crippen LogP contribution in [0.1, 0.15) is 29.9 Å². The Morgan fingerprint density at radius 3 is 2.29 bits per heavy atom. The maximum atomic E-state index is 6.40. The molecule has 1 atom stereocenters. The van der Waals surface area contributed by atoms with Crippen molar-refractivity contribution >= 4 is 23.2 Å². The second kappa shape index (κ2) is 6.83. The molecular formula is C18H19Cl2N. The summed E-state index contributed by atoms with van der Waals surface area (Å²) in [5.74, 6) is 0.346. The molecule has 2 aromatic carbocycles. The van der Waals surface area contributed by atoms with E-state index in [1.807, 2.05) is 30.3 Å². The summed E-state index contributed by atoms with van der Waals surface area (Å²) in [5, 5.41) is 5.29. The number of rotatable bonds is 6. The summed E-state index contributed by atoms with van der Waals surface area (Å²) in [5.41, 5.74) is 2.38. The van der Waals surface area contributed by atoms with Crippen LogP contribution in [0, 0.1) is 0 Å². The van der Waals surface area contributed by atoms with Crippen LogP contribution in [-0.4, -0.2) is 12.6 Å². The summed E-state index contributed by atoms with van der Waals surface area (Å²) in [6, 6.07) is 16.9. The molecule has 3 rings (SSSR count). The lowest BCUT2D eigenvalue weighted by Crippen LogP contribution is -2.25. The molecule has 0 saturated heterocycles. The van der Waals surface area contributed by atoms with Crippen LogP contribution in [0.4, 0.5) is 0 Å². The molecule has 21 heavy (non-hydrogen) atoms. The predicted molar refractivity (Wildman–Crippen MR) is 90.4 cm³/mol. The van der Waals surface area contributed by atoms with Gasteiger partial charge in [-0.25, -0.2) is 0 Å². The van der Waals surface area contributed by atoms with Gasteiger partial charge in [0.15, 0.2) is 0 Å². The first-order valence-corrected chi connectivity index (χ1v) is 8.21. The summed E-state index contributed by atoms with van der Waals surface area (Å²) < 4.78 is 0. The van der Waals surface area contributed by atoms with Crippen molar-refractivity contribution in [2.24, 2.45) is 0 Å². The van der Waals surface area contributed by atoms with Crippen molar-refractivity contribution in [3.63, 3.8) is 0 Å². The highest BCUT2D eigenvalue weighted by Crippen LogP contribution is 2.30. The average Bonchev–Trinajstić information content (AvgIpc) is 3.30. The second-order valence-electron chi connectivity index (χ2n) is 5.70. The largest absolute Gasteiger partial charge is 0.313 e. The molecule has 1 nitrogen and oxygen atoms in total. The number of halogens is 2. The van der Waals surface area contributed by atoms with Crippen LogP contribution in [0.3, 0.4) is 0 Å². The van der Waals surface area contributed by atoms with Gasteiger partial charge in [-0.2, -0.15) is 0 Å². The normalized spacial score (nSPS) is 15.9. The third-order valence-corrected chi connectivity index (χ3v) is 4.71. The quantitative estimate of drug-likeness (QED) is 0.783. The third-order valence-electron chi connectivity index (χ3n) is 4.00. The van der Waals surface area contributed by atoms with Crippen molar-refractivity contribution in [1.29, 1.82) is 0 Å². The molecule has 0 amide bonds. The zero-order chi connectivity index (χ0) is 14.7. The van der Waals surface area contributed by atoms with Gasteiger partial charge in [-0.3, -0.25) is 0 Å². The van der Waals surface area contributed by atoms with E-state index in [9.17, 15) is 0 Å². The van der Waals surface area contributed by atoms with E-state index in [0.29, 0.717) is 12.0 Å². The number of hydrogen-bond donors (Lipinski definition) is 1.